The maximum atomic E-state index is 8.86. The third kappa shape index (κ3) is 1.81. The quantitative estimate of drug-likeness (QED) is 0.737. The summed E-state index contributed by atoms with van der Waals surface area (Å²) in [5.41, 5.74) is 8.87. The van der Waals surface area contributed by atoms with Gasteiger partial charge in [-0.2, -0.15) is 5.26 Å². The van der Waals surface area contributed by atoms with Crippen molar-refractivity contribution in [1.82, 2.24) is 9.55 Å². The van der Waals surface area contributed by atoms with Crippen molar-refractivity contribution in [1.29, 1.82) is 5.26 Å². The first-order valence-corrected chi connectivity index (χ1v) is 6.01. The number of imidazole rings is 1. The summed E-state index contributed by atoms with van der Waals surface area (Å²) in [5.74, 6) is 0.368. The molecule has 3 aromatic rings. The molecule has 1 aromatic heterocycles. The maximum Gasteiger partial charge on any atom is 0.205 e. The number of para-hydroxylation sites is 2. The summed E-state index contributed by atoms with van der Waals surface area (Å²) >= 11 is 6.22. The third-order valence-corrected chi connectivity index (χ3v) is 3.21. The van der Waals surface area contributed by atoms with Gasteiger partial charge in [-0.25, -0.2) is 4.98 Å². The van der Waals surface area contributed by atoms with Gasteiger partial charge in [0.05, 0.1) is 33.4 Å². The van der Waals surface area contributed by atoms with E-state index in [1.54, 1.807) is 22.8 Å². The van der Waals surface area contributed by atoms with Crippen LogP contribution in [0.25, 0.3) is 16.7 Å². The first kappa shape index (κ1) is 11.6. The van der Waals surface area contributed by atoms with Crippen molar-refractivity contribution in [3.63, 3.8) is 0 Å². The second-order valence-electron chi connectivity index (χ2n) is 4.07. The summed E-state index contributed by atoms with van der Waals surface area (Å²) in [6.07, 6.45) is 0. The molecule has 0 fully saturated rings. The van der Waals surface area contributed by atoms with Gasteiger partial charge in [0.25, 0.3) is 0 Å². The number of benzene rings is 2. The molecule has 0 atom stereocenters. The van der Waals surface area contributed by atoms with E-state index in [1.165, 1.54) is 0 Å². The zero-order valence-corrected chi connectivity index (χ0v) is 10.6. The monoisotopic (exact) mass is 268 g/mol. The molecular formula is C14H9ClN4. The number of anilines is 1. The summed E-state index contributed by atoms with van der Waals surface area (Å²) < 4.78 is 1.78. The van der Waals surface area contributed by atoms with Gasteiger partial charge in [-0.05, 0) is 30.3 Å². The van der Waals surface area contributed by atoms with Gasteiger partial charge in [-0.15, -0.1) is 0 Å². The minimum atomic E-state index is 0.368. The number of rotatable bonds is 1. The number of fused-ring (bicyclic) bond motifs is 1. The highest BCUT2D eigenvalue weighted by Gasteiger charge is 2.12. The molecule has 2 aromatic carbocycles. The number of nitrogen functional groups attached to an aromatic ring is 1. The fourth-order valence-corrected chi connectivity index (χ4v) is 2.32. The van der Waals surface area contributed by atoms with Crippen LogP contribution >= 0.6 is 11.6 Å². The lowest BCUT2D eigenvalue weighted by Gasteiger charge is -2.08. The minimum Gasteiger partial charge on any atom is -0.369 e. The van der Waals surface area contributed by atoms with Crippen molar-refractivity contribution in [2.45, 2.75) is 0 Å². The van der Waals surface area contributed by atoms with Gasteiger partial charge in [0.15, 0.2) is 0 Å². The lowest BCUT2D eigenvalue weighted by atomic mass is 10.2. The number of nitriles is 1. The van der Waals surface area contributed by atoms with E-state index in [9.17, 15) is 0 Å². The van der Waals surface area contributed by atoms with Gasteiger partial charge < -0.3 is 5.73 Å². The van der Waals surface area contributed by atoms with Gasteiger partial charge in [0.2, 0.25) is 5.95 Å². The predicted octanol–water partition coefficient (Wildman–Crippen LogP) is 3.13. The van der Waals surface area contributed by atoms with E-state index in [0.717, 1.165) is 11.0 Å². The van der Waals surface area contributed by atoms with Crippen molar-refractivity contribution in [3.8, 4) is 11.8 Å². The summed E-state index contributed by atoms with van der Waals surface area (Å²) in [6.45, 7) is 0. The van der Waals surface area contributed by atoms with Crippen LogP contribution in [0.2, 0.25) is 5.02 Å². The van der Waals surface area contributed by atoms with Crippen LogP contribution in [0.3, 0.4) is 0 Å². The highest BCUT2D eigenvalue weighted by Crippen LogP contribution is 2.28. The van der Waals surface area contributed by atoms with Crippen molar-refractivity contribution >= 4 is 28.6 Å². The molecule has 0 bridgehead atoms. The van der Waals surface area contributed by atoms with Crippen LogP contribution in [0.1, 0.15) is 5.56 Å². The molecule has 2 N–H and O–H groups in total. The molecule has 19 heavy (non-hydrogen) atoms. The first-order chi connectivity index (χ1) is 9.20. The van der Waals surface area contributed by atoms with Crippen molar-refractivity contribution in [2.75, 3.05) is 5.73 Å². The Morgan fingerprint density at radius 3 is 2.74 bits per heavy atom. The van der Waals surface area contributed by atoms with E-state index in [-0.39, 0.29) is 0 Å². The molecule has 0 aliphatic carbocycles. The Hall–Kier alpha value is -2.51. The molecule has 0 amide bonds. The number of hydrogen-bond acceptors (Lipinski definition) is 3. The Bertz CT molecular complexity index is 814. The van der Waals surface area contributed by atoms with Crippen LogP contribution in [0.5, 0.6) is 0 Å². The van der Waals surface area contributed by atoms with Crippen molar-refractivity contribution in [2.24, 2.45) is 0 Å². The number of nitrogens with two attached hydrogens (primary N) is 1. The third-order valence-electron chi connectivity index (χ3n) is 2.90. The summed E-state index contributed by atoms with van der Waals surface area (Å²) in [6, 6.07) is 14.8. The van der Waals surface area contributed by atoms with Crippen LogP contribution in [0.15, 0.2) is 42.5 Å². The van der Waals surface area contributed by atoms with Crippen LogP contribution in [0.4, 0.5) is 5.95 Å². The Labute approximate surface area is 114 Å². The summed E-state index contributed by atoms with van der Waals surface area (Å²) in [5, 5.41) is 9.32. The Balaban J connectivity index is 2.31. The van der Waals surface area contributed by atoms with E-state index in [0.29, 0.717) is 22.2 Å². The SMILES string of the molecule is N#Cc1ccc(-n2c(N)nc3ccccc32)c(Cl)c1. The molecular weight excluding hydrogens is 260 g/mol. The highest BCUT2D eigenvalue weighted by molar-refractivity contribution is 6.32. The number of aromatic nitrogens is 2. The fourth-order valence-electron chi connectivity index (χ4n) is 2.06. The Morgan fingerprint density at radius 1 is 1.21 bits per heavy atom. The molecule has 0 aliphatic rings. The fraction of sp³-hybridized carbons (Fsp3) is 0. The topological polar surface area (TPSA) is 67.6 Å². The Morgan fingerprint density at radius 2 is 2.00 bits per heavy atom. The van der Waals surface area contributed by atoms with E-state index < -0.39 is 0 Å². The average molecular weight is 269 g/mol. The molecule has 0 spiro atoms. The standard InChI is InChI=1S/C14H9ClN4/c15-10-7-9(8-16)5-6-12(10)19-13-4-2-1-3-11(13)18-14(19)17/h1-7H,(H2,17,18). The summed E-state index contributed by atoms with van der Waals surface area (Å²) in [7, 11) is 0. The van der Waals surface area contributed by atoms with Gasteiger partial charge in [0, 0.05) is 0 Å². The molecule has 92 valence electrons. The van der Waals surface area contributed by atoms with Crippen LogP contribution in [0, 0.1) is 11.3 Å². The zero-order chi connectivity index (χ0) is 13.4. The first-order valence-electron chi connectivity index (χ1n) is 5.63. The number of halogens is 1. The molecule has 0 aliphatic heterocycles. The molecule has 3 rings (SSSR count). The van der Waals surface area contributed by atoms with Crippen LogP contribution < -0.4 is 5.73 Å². The van der Waals surface area contributed by atoms with Crippen molar-refractivity contribution < 1.29 is 0 Å². The average Bonchev–Trinajstić information content (AvgIpc) is 2.75. The van der Waals surface area contributed by atoms with Crippen LogP contribution in [-0.4, -0.2) is 9.55 Å². The normalized spacial score (nSPS) is 10.5. The second kappa shape index (κ2) is 4.30. The number of nitrogens with zero attached hydrogens (tertiary/aromatic N) is 3. The lowest BCUT2D eigenvalue weighted by Crippen LogP contribution is -2.01. The molecule has 1 heterocycles. The molecule has 0 saturated heterocycles. The maximum absolute atomic E-state index is 8.86. The van der Waals surface area contributed by atoms with Crippen LogP contribution in [-0.2, 0) is 0 Å². The molecule has 5 heteroatoms. The van der Waals surface area contributed by atoms with Gasteiger partial charge >= 0.3 is 0 Å². The smallest absolute Gasteiger partial charge is 0.205 e. The predicted molar refractivity (Wildman–Crippen MR) is 75.2 cm³/mol. The lowest BCUT2D eigenvalue weighted by molar-refractivity contribution is 1.11. The Kier molecular flexibility index (Phi) is 2.62. The van der Waals surface area contributed by atoms with Gasteiger partial charge in [-0.3, -0.25) is 4.57 Å². The van der Waals surface area contributed by atoms with Crippen molar-refractivity contribution in [3.05, 3.63) is 53.1 Å². The van der Waals surface area contributed by atoms with Gasteiger partial charge in [0.1, 0.15) is 0 Å². The zero-order valence-electron chi connectivity index (χ0n) is 9.84. The van der Waals surface area contributed by atoms with E-state index in [1.807, 2.05) is 24.3 Å². The minimum absolute atomic E-state index is 0.368. The highest BCUT2D eigenvalue weighted by atomic mass is 35.5. The van der Waals surface area contributed by atoms with E-state index >= 15 is 0 Å². The molecule has 0 radical (unpaired) electrons. The van der Waals surface area contributed by atoms with E-state index in [2.05, 4.69) is 11.1 Å². The summed E-state index contributed by atoms with van der Waals surface area (Å²) in [4.78, 5) is 4.29. The van der Waals surface area contributed by atoms with Gasteiger partial charge in [-0.1, -0.05) is 23.7 Å². The molecule has 0 unspecified atom stereocenters. The second-order valence-corrected chi connectivity index (χ2v) is 4.48. The molecule has 0 saturated carbocycles. The number of hydrogen-bond donors (Lipinski definition) is 1. The largest absolute Gasteiger partial charge is 0.369 e. The van der Waals surface area contributed by atoms with E-state index in [4.69, 9.17) is 22.6 Å². The molecule has 4 nitrogen and oxygen atoms in total.